The van der Waals surface area contributed by atoms with Gasteiger partial charge in [-0.25, -0.2) is 17.9 Å². The molecular weight excluding hydrogens is 258 g/mol. The molecule has 1 N–H and O–H groups in total. The van der Waals surface area contributed by atoms with Gasteiger partial charge in [0.25, 0.3) is 0 Å². The van der Waals surface area contributed by atoms with Crippen molar-refractivity contribution in [1.29, 1.82) is 0 Å². The topological polar surface area (TPSA) is 102 Å². The van der Waals surface area contributed by atoms with Crippen LogP contribution in [0, 0.1) is 0 Å². The third kappa shape index (κ3) is 3.28. The van der Waals surface area contributed by atoms with Gasteiger partial charge in [0.2, 0.25) is 0 Å². The van der Waals surface area contributed by atoms with Gasteiger partial charge in [-0.15, -0.1) is 5.10 Å². The quantitative estimate of drug-likeness (QED) is 0.812. The molecule has 0 fully saturated rings. The van der Waals surface area contributed by atoms with Gasteiger partial charge in [-0.3, -0.25) is 0 Å². The highest BCUT2D eigenvalue weighted by Crippen LogP contribution is 2.17. The second kappa shape index (κ2) is 5.47. The Morgan fingerprint density at radius 2 is 2.06 bits per heavy atom. The summed E-state index contributed by atoms with van der Waals surface area (Å²) < 4.78 is 24.2. The molecule has 18 heavy (non-hydrogen) atoms. The number of nitrogens with zero attached hydrogens (tertiary/aromatic N) is 3. The average Bonchev–Trinajstić information content (AvgIpc) is 2.70. The third-order valence-electron chi connectivity index (χ3n) is 2.58. The summed E-state index contributed by atoms with van der Waals surface area (Å²) >= 11 is 0. The molecule has 0 aliphatic rings. The minimum atomic E-state index is -3.11. The van der Waals surface area contributed by atoms with Crippen LogP contribution in [0.4, 0.5) is 0 Å². The highest BCUT2D eigenvalue weighted by molar-refractivity contribution is 7.91. The first-order chi connectivity index (χ1) is 8.28. The SMILES string of the molecule is CCS(=O)(=O)CCn1nnc(C(=O)O)c1C(C)C. The summed E-state index contributed by atoms with van der Waals surface area (Å²) in [5.41, 5.74) is 0.340. The van der Waals surface area contributed by atoms with Crippen LogP contribution in [0.25, 0.3) is 0 Å². The third-order valence-corrected chi connectivity index (χ3v) is 4.26. The summed E-state index contributed by atoms with van der Waals surface area (Å²) in [6.45, 7) is 5.33. The van der Waals surface area contributed by atoms with Gasteiger partial charge >= 0.3 is 5.97 Å². The predicted octanol–water partition coefficient (Wildman–Crippen LogP) is 0.534. The molecule has 0 saturated heterocycles. The standard InChI is InChI=1S/C10H17N3O4S/c1-4-18(16,17)6-5-13-9(7(2)3)8(10(14)15)11-12-13/h7H,4-6H2,1-3H3,(H,14,15). The number of carboxylic acids is 1. The van der Waals surface area contributed by atoms with Gasteiger partial charge in [0, 0.05) is 5.75 Å². The van der Waals surface area contributed by atoms with Crippen molar-refractivity contribution in [2.75, 3.05) is 11.5 Å². The van der Waals surface area contributed by atoms with Crippen molar-refractivity contribution in [3.05, 3.63) is 11.4 Å². The number of hydrogen-bond acceptors (Lipinski definition) is 5. The van der Waals surface area contributed by atoms with E-state index >= 15 is 0 Å². The number of rotatable bonds is 6. The predicted molar refractivity (Wildman–Crippen MR) is 65.4 cm³/mol. The lowest BCUT2D eigenvalue weighted by atomic mass is 10.1. The van der Waals surface area contributed by atoms with Crippen molar-refractivity contribution in [3.8, 4) is 0 Å². The number of sulfone groups is 1. The molecule has 7 nitrogen and oxygen atoms in total. The Bertz CT molecular complexity index is 533. The van der Waals surface area contributed by atoms with Crippen molar-refractivity contribution in [2.45, 2.75) is 33.2 Å². The molecule has 0 amide bonds. The highest BCUT2D eigenvalue weighted by Gasteiger charge is 2.22. The van der Waals surface area contributed by atoms with E-state index in [1.54, 1.807) is 6.92 Å². The molecule has 0 bridgehead atoms. The van der Waals surface area contributed by atoms with E-state index in [0.29, 0.717) is 5.69 Å². The van der Waals surface area contributed by atoms with Crippen molar-refractivity contribution in [3.63, 3.8) is 0 Å². The Morgan fingerprint density at radius 1 is 1.44 bits per heavy atom. The fraction of sp³-hybridized carbons (Fsp3) is 0.700. The first kappa shape index (κ1) is 14.6. The maximum atomic E-state index is 11.4. The number of carbonyl (C=O) groups is 1. The van der Waals surface area contributed by atoms with Gasteiger partial charge < -0.3 is 5.11 Å². The lowest BCUT2D eigenvalue weighted by Gasteiger charge is -2.09. The van der Waals surface area contributed by atoms with E-state index in [9.17, 15) is 13.2 Å². The molecule has 0 aliphatic heterocycles. The average molecular weight is 275 g/mol. The Balaban J connectivity index is 3.00. The fourth-order valence-electron chi connectivity index (χ4n) is 1.58. The smallest absolute Gasteiger partial charge is 0.358 e. The molecule has 8 heteroatoms. The molecule has 0 saturated carbocycles. The summed E-state index contributed by atoms with van der Waals surface area (Å²) in [6, 6.07) is 0. The zero-order chi connectivity index (χ0) is 13.9. The van der Waals surface area contributed by atoms with Gasteiger partial charge in [0.1, 0.15) is 0 Å². The molecule has 0 spiro atoms. The Labute approximate surface area is 106 Å². The van der Waals surface area contributed by atoms with Crippen molar-refractivity contribution in [1.82, 2.24) is 15.0 Å². The zero-order valence-electron chi connectivity index (χ0n) is 10.6. The van der Waals surface area contributed by atoms with Crippen LogP contribution < -0.4 is 0 Å². The fourth-order valence-corrected chi connectivity index (χ4v) is 2.32. The number of aryl methyl sites for hydroxylation is 1. The van der Waals surface area contributed by atoms with Crippen LogP contribution in [0.3, 0.4) is 0 Å². The van der Waals surface area contributed by atoms with Crippen LogP contribution >= 0.6 is 0 Å². The molecule has 0 unspecified atom stereocenters. The minimum Gasteiger partial charge on any atom is -0.476 e. The van der Waals surface area contributed by atoms with E-state index in [0.717, 1.165) is 0 Å². The maximum absolute atomic E-state index is 11.4. The van der Waals surface area contributed by atoms with Gasteiger partial charge in [-0.1, -0.05) is 26.0 Å². The number of aromatic nitrogens is 3. The molecule has 0 radical (unpaired) electrons. The maximum Gasteiger partial charge on any atom is 0.358 e. The van der Waals surface area contributed by atoms with Crippen molar-refractivity contribution < 1.29 is 18.3 Å². The largest absolute Gasteiger partial charge is 0.476 e. The first-order valence-electron chi connectivity index (χ1n) is 5.65. The van der Waals surface area contributed by atoms with E-state index in [4.69, 9.17) is 5.11 Å². The monoisotopic (exact) mass is 275 g/mol. The van der Waals surface area contributed by atoms with E-state index in [2.05, 4.69) is 10.3 Å². The summed E-state index contributed by atoms with van der Waals surface area (Å²) in [4.78, 5) is 11.0. The van der Waals surface area contributed by atoms with Crippen LogP contribution in [-0.2, 0) is 16.4 Å². The van der Waals surface area contributed by atoms with Gasteiger partial charge in [-0.05, 0) is 5.92 Å². The summed E-state index contributed by atoms with van der Waals surface area (Å²) in [5.74, 6) is -1.24. The molecule has 0 aromatic carbocycles. The van der Waals surface area contributed by atoms with Gasteiger partial charge in [0.15, 0.2) is 15.5 Å². The molecule has 1 rings (SSSR count). The summed E-state index contributed by atoms with van der Waals surface area (Å²) in [6.07, 6.45) is 0. The first-order valence-corrected chi connectivity index (χ1v) is 7.47. The lowest BCUT2D eigenvalue weighted by molar-refractivity contribution is 0.0688. The highest BCUT2D eigenvalue weighted by atomic mass is 32.2. The minimum absolute atomic E-state index is 0.0600. The van der Waals surface area contributed by atoms with E-state index in [1.807, 2.05) is 13.8 Å². The Kier molecular flexibility index (Phi) is 4.44. The van der Waals surface area contributed by atoms with Crippen molar-refractivity contribution in [2.24, 2.45) is 0 Å². The van der Waals surface area contributed by atoms with Crippen molar-refractivity contribution >= 4 is 15.8 Å². The Morgan fingerprint density at radius 3 is 2.50 bits per heavy atom. The van der Waals surface area contributed by atoms with Crippen LogP contribution in [0.5, 0.6) is 0 Å². The summed E-state index contributed by atoms with van der Waals surface area (Å²) in [5, 5.41) is 16.3. The van der Waals surface area contributed by atoms with E-state index in [-0.39, 0.29) is 29.7 Å². The second-order valence-electron chi connectivity index (χ2n) is 4.24. The molecular formula is C10H17N3O4S. The Hall–Kier alpha value is -1.44. The molecule has 0 atom stereocenters. The molecule has 1 aromatic rings. The molecule has 1 aromatic heterocycles. The van der Waals surface area contributed by atoms with Crippen LogP contribution in [0.1, 0.15) is 42.9 Å². The van der Waals surface area contributed by atoms with Crippen LogP contribution in [0.15, 0.2) is 0 Å². The van der Waals surface area contributed by atoms with E-state index in [1.165, 1.54) is 4.68 Å². The number of aromatic carboxylic acids is 1. The van der Waals surface area contributed by atoms with Gasteiger partial charge in [0.05, 0.1) is 18.0 Å². The normalized spacial score (nSPS) is 12.0. The second-order valence-corrected chi connectivity index (χ2v) is 6.72. The van der Waals surface area contributed by atoms with Gasteiger partial charge in [-0.2, -0.15) is 0 Å². The number of hydrogen-bond donors (Lipinski definition) is 1. The zero-order valence-corrected chi connectivity index (χ0v) is 11.4. The molecule has 102 valence electrons. The van der Waals surface area contributed by atoms with Crippen LogP contribution in [-0.4, -0.2) is 46.0 Å². The molecule has 1 heterocycles. The van der Waals surface area contributed by atoms with E-state index < -0.39 is 15.8 Å². The molecule has 0 aliphatic carbocycles. The summed E-state index contributed by atoms with van der Waals surface area (Å²) in [7, 11) is -3.11. The van der Waals surface area contributed by atoms with Crippen LogP contribution in [0.2, 0.25) is 0 Å². The lowest BCUT2D eigenvalue weighted by Crippen LogP contribution is -2.18. The number of carboxylic acid groups (broad SMARTS) is 1.